The van der Waals surface area contributed by atoms with Gasteiger partial charge in [0.2, 0.25) is 4.96 Å². The van der Waals surface area contributed by atoms with E-state index >= 15 is 0 Å². The Balaban J connectivity index is 1.64. The van der Waals surface area contributed by atoms with Crippen molar-refractivity contribution in [3.8, 4) is 0 Å². The van der Waals surface area contributed by atoms with Crippen LogP contribution in [0.2, 0.25) is 5.02 Å². The maximum atomic E-state index is 12.7. The van der Waals surface area contributed by atoms with E-state index in [0.29, 0.717) is 20.1 Å². The van der Waals surface area contributed by atoms with Crippen LogP contribution in [0, 0.1) is 0 Å². The summed E-state index contributed by atoms with van der Waals surface area (Å²) in [6.45, 7) is 0.219. The molecular formula is C13H9ClF3N5OS. The van der Waals surface area contributed by atoms with Gasteiger partial charge in [0, 0.05) is 23.6 Å². The molecule has 1 N–H and O–H groups in total. The molecule has 0 aliphatic carbocycles. The lowest BCUT2D eigenvalue weighted by Gasteiger charge is -2.04. The fourth-order valence-electron chi connectivity index (χ4n) is 1.95. The summed E-state index contributed by atoms with van der Waals surface area (Å²) in [5.41, 5.74) is 0.403. The molecule has 24 heavy (non-hydrogen) atoms. The van der Waals surface area contributed by atoms with Crippen molar-refractivity contribution in [2.24, 2.45) is 0 Å². The first-order valence-electron chi connectivity index (χ1n) is 6.66. The molecule has 1 aromatic carbocycles. The summed E-state index contributed by atoms with van der Waals surface area (Å²) in [7, 11) is 0. The van der Waals surface area contributed by atoms with Crippen molar-refractivity contribution in [3.63, 3.8) is 0 Å². The highest BCUT2D eigenvalue weighted by Gasteiger charge is 2.38. The van der Waals surface area contributed by atoms with Crippen molar-refractivity contribution >= 4 is 33.8 Å². The molecule has 0 unspecified atom stereocenters. The van der Waals surface area contributed by atoms with Gasteiger partial charge in [0.25, 0.3) is 11.7 Å². The van der Waals surface area contributed by atoms with Gasteiger partial charge in [-0.25, -0.2) is 0 Å². The SMILES string of the molecule is O=C(NCCc1nn2c(C(F)(F)F)nnc2s1)c1cccc(Cl)c1. The smallest absolute Gasteiger partial charge is 0.352 e. The number of nitrogens with one attached hydrogen (secondary N) is 1. The van der Waals surface area contributed by atoms with Crippen molar-refractivity contribution in [2.75, 3.05) is 6.54 Å². The van der Waals surface area contributed by atoms with E-state index in [-0.39, 0.29) is 23.8 Å². The van der Waals surface area contributed by atoms with Crippen molar-refractivity contribution in [1.29, 1.82) is 0 Å². The Morgan fingerprint density at radius 1 is 1.33 bits per heavy atom. The fourth-order valence-corrected chi connectivity index (χ4v) is 2.97. The van der Waals surface area contributed by atoms with Crippen molar-refractivity contribution in [1.82, 2.24) is 25.1 Å². The summed E-state index contributed by atoms with van der Waals surface area (Å²) >= 11 is 6.80. The summed E-state index contributed by atoms with van der Waals surface area (Å²) in [4.78, 5) is 12.0. The Morgan fingerprint density at radius 3 is 2.83 bits per heavy atom. The largest absolute Gasteiger partial charge is 0.453 e. The Bertz CT molecular complexity index is 891. The summed E-state index contributed by atoms with van der Waals surface area (Å²) in [6, 6.07) is 6.43. The Labute approximate surface area is 142 Å². The first-order chi connectivity index (χ1) is 11.3. The molecule has 0 saturated carbocycles. The van der Waals surface area contributed by atoms with Crippen LogP contribution in [0.15, 0.2) is 24.3 Å². The van der Waals surface area contributed by atoms with E-state index in [4.69, 9.17) is 11.6 Å². The zero-order valence-electron chi connectivity index (χ0n) is 11.8. The van der Waals surface area contributed by atoms with Crippen LogP contribution in [-0.2, 0) is 12.6 Å². The maximum Gasteiger partial charge on any atom is 0.453 e. The number of carbonyl (C=O) groups is 1. The van der Waals surface area contributed by atoms with E-state index in [1.165, 1.54) is 6.07 Å². The van der Waals surface area contributed by atoms with Crippen LogP contribution in [0.5, 0.6) is 0 Å². The molecule has 0 radical (unpaired) electrons. The molecule has 2 heterocycles. The number of hydrogen-bond donors (Lipinski definition) is 1. The standard InChI is InChI=1S/C13H9ClF3N5OS/c14-8-3-1-2-7(6-8)10(23)18-5-4-9-21-22-11(13(15,16)17)19-20-12(22)24-9/h1-3,6H,4-5H2,(H,18,23). The monoisotopic (exact) mass is 375 g/mol. The molecule has 2 aromatic heterocycles. The summed E-state index contributed by atoms with van der Waals surface area (Å²) in [5.74, 6) is -1.49. The van der Waals surface area contributed by atoms with Gasteiger partial charge in [-0.3, -0.25) is 4.79 Å². The molecular weight excluding hydrogens is 367 g/mol. The highest BCUT2D eigenvalue weighted by atomic mass is 35.5. The maximum absolute atomic E-state index is 12.7. The predicted octanol–water partition coefficient (Wildman–Crippen LogP) is 2.83. The summed E-state index contributed by atoms with van der Waals surface area (Å²) < 4.78 is 38.8. The number of fused-ring (bicyclic) bond motifs is 1. The lowest BCUT2D eigenvalue weighted by atomic mass is 10.2. The summed E-state index contributed by atoms with van der Waals surface area (Å²) in [6.07, 6.45) is -4.34. The molecule has 0 aliphatic rings. The number of benzene rings is 1. The third-order valence-electron chi connectivity index (χ3n) is 3.00. The van der Waals surface area contributed by atoms with Crippen LogP contribution in [0.3, 0.4) is 0 Å². The summed E-state index contributed by atoms with van der Waals surface area (Å²) in [5, 5.41) is 13.9. The topological polar surface area (TPSA) is 72.2 Å². The quantitative estimate of drug-likeness (QED) is 0.761. The number of alkyl halides is 3. The van der Waals surface area contributed by atoms with Gasteiger partial charge in [0.15, 0.2) is 0 Å². The van der Waals surface area contributed by atoms with Gasteiger partial charge < -0.3 is 5.32 Å². The van der Waals surface area contributed by atoms with Gasteiger partial charge in [0.05, 0.1) is 0 Å². The molecule has 3 aromatic rings. The molecule has 11 heteroatoms. The van der Waals surface area contributed by atoms with Crippen LogP contribution in [0.25, 0.3) is 4.96 Å². The van der Waals surface area contributed by atoms with Crippen LogP contribution < -0.4 is 5.32 Å². The van der Waals surface area contributed by atoms with E-state index in [0.717, 1.165) is 11.3 Å². The lowest BCUT2D eigenvalue weighted by molar-refractivity contribution is -0.146. The van der Waals surface area contributed by atoms with Crippen molar-refractivity contribution < 1.29 is 18.0 Å². The number of carbonyl (C=O) groups excluding carboxylic acids is 1. The predicted molar refractivity (Wildman–Crippen MR) is 81.2 cm³/mol. The molecule has 0 spiro atoms. The molecule has 6 nitrogen and oxygen atoms in total. The van der Waals surface area contributed by atoms with E-state index in [1.54, 1.807) is 18.2 Å². The second-order valence-corrected chi connectivity index (χ2v) is 6.20. The number of aromatic nitrogens is 4. The number of amides is 1. The lowest BCUT2D eigenvalue weighted by Crippen LogP contribution is -2.25. The minimum atomic E-state index is -4.62. The van der Waals surface area contributed by atoms with Crippen LogP contribution in [0.4, 0.5) is 13.2 Å². The number of nitrogens with zero attached hydrogens (tertiary/aromatic N) is 4. The molecule has 0 fully saturated rings. The Kier molecular flexibility index (Phi) is 4.41. The second-order valence-electron chi connectivity index (χ2n) is 4.73. The normalized spacial score (nSPS) is 11.8. The fraction of sp³-hybridized carbons (Fsp3) is 0.231. The Hall–Kier alpha value is -2.20. The molecule has 1 amide bonds. The zero-order valence-corrected chi connectivity index (χ0v) is 13.4. The number of hydrogen-bond acceptors (Lipinski definition) is 5. The third-order valence-corrected chi connectivity index (χ3v) is 4.19. The molecule has 0 aliphatic heterocycles. The van der Waals surface area contributed by atoms with E-state index in [1.807, 2.05) is 0 Å². The van der Waals surface area contributed by atoms with Gasteiger partial charge in [-0.05, 0) is 18.2 Å². The van der Waals surface area contributed by atoms with E-state index in [2.05, 4.69) is 20.6 Å². The van der Waals surface area contributed by atoms with Crippen LogP contribution in [0.1, 0.15) is 21.2 Å². The molecule has 126 valence electrons. The van der Waals surface area contributed by atoms with Gasteiger partial charge >= 0.3 is 6.18 Å². The average Bonchev–Trinajstić information content (AvgIpc) is 3.05. The van der Waals surface area contributed by atoms with Crippen molar-refractivity contribution in [3.05, 3.63) is 45.7 Å². The minimum Gasteiger partial charge on any atom is -0.352 e. The second kappa shape index (κ2) is 6.36. The van der Waals surface area contributed by atoms with Crippen LogP contribution in [-0.4, -0.2) is 32.3 Å². The van der Waals surface area contributed by atoms with Crippen molar-refractivity contribution in [2.45, 2.75) is 12.6 Å². The minimum absolute atomic E-state index is 0.0542. The van der Waals surface area contributed by atoms with Gasteiger partial charge in [-0.15, -0.1) is 10.2 Å². The number of rotatable bonds is 4. The van der Waals surface area contributed by atoms with E-state index in [9.17, 15) is 18.0 Å². The molecule has 0 saturated heterocycles. The third kappa shape index (κ3) is 3.49. The molecule has 3 rings (SSSR count). The Morgan fingerprint density at radius 2 is 2.12 bits per heavy atom. The van der Waals surface area contributed by atoms with Crippen LogP contribution >= 0.6 is 22.9 Å². The first kappa shape index (κ1) is 16.7. The zero-order chi connectivity index (χ0) is 17.3. The van der Waals surface area contributed by atoms with Gasteiger partial charge in [-0.1, -0.05) is 29.0 Å². The van der Waals surface area contributed by atoms with E-state index < -0.39 is 12.0 Å². The first-order valence-corrected chi connectivity index (χ1v) is 7.86. The molecule has 0 atom stereocenters. The van der Waals surface area contributed by atoms with Gasteiger partial charge in [-0.2, -0.15) is 22.8 Å². The average molecular weight is 376 g/mol. The van der Waals surface area contributed by atoms with Gasteiger partial charge in [0.1, 0.15) is 5.01 Å². The highest BCUT2D eigenvalue weighted by Crippen LogP contribution is 2.28. The number of halogens is 4. The molecule has 0 bridgehead atoms. The highest BCUT2D eigenvalue weighted by molar-refractivity contribution is 7.16.